The van der Waals surface area contributed by atoms with Crippen molar-refractivity contribution in [3.8, 4) is 5.75 Å². The normalized spacial score (nSPS) is 18.3. The smallest absolute Gasteiger partial charge is 0.124 e. The topological polar surface area (TPSA) is 24.5 Å². The molecule has 0 aliphatic carbocycles. The van der Waals surface area contributed by atoms with Crippen molar-refractivity contribution < 1.29 is 4.74 Å². The standard InChI is InChI=1S/C14H19ClN2O/c1-3-13(17-8-6-16-7-9-17)12-10-11(15)4-5-14(12)18-2/h3-5,10,13,16H,1,6-9H2,2H3/t13-/m0/s1. The van der Waals surface area contributed by atoms with Gasteiger partial charge in [0, 0.05) is 36.8 Å². The van der Waals surface area contributed by atoms with Crippen LogP contribution in [0.3, 0.4) is 0 Å². The van der Waals surface area contributed by atoms with E-state index >= 15 is 0 Å². The third-order valence-corrected chi connectivity index (χ3v) is 3.51. The number of halogens is 1. The Hall–Kier alpha value is -1.03. The lowest BCUT2D eigenvalue weighted by Gasteiger charge is -2.34. The third-order valence-electron chi connectivity index (χ3n) is 3.28. The van der Waals surface area contributed by atoms with E-state index in [1.807, 2.05) is 24.3 Å². The fourth-order valence-electron chi connectivity index (χ4n) is 2.37. The molecular formula is C14H19ClN2O. The summed E-state index contributed by atoms with van der Waals surface area (Å²) in [6.45, 7) is 7.98. The van der Waals surface area contributed by atoms with Crippen molar-refractivity contribution in [2.75, 3.05) is 33.3 Å². The van der Waals surface area contributed by atoms with Crippen molar-refractivity contribution in [3.05, 3.63) is 41.4 Å². The van der Waals surface area contributed by atoms with Gasteiger partial charge in [0.15, 0.2) is 0 Å². The number of hydrogen-bond acceptors (Lipinski definition) is 3. The van der Waals surface area contributed by atoms with Gasteiger partial charge in [-0.05, 0) is 18.2 Å². The Morgan fingerprint density at radius 1 is 1.44 bits per heavy atom. The van der Waals surface area contributed by atoms with Gasteiger partial charge < -0.3 is 10.1 Å². The molecule has 1 aliphatic heterocycles. The van der Waals surface area contributed by atoms with E-state index < -0.39 is 0 Å². The zero-order valence-electron chi connectivity index (χ0n) is 10.7. The van der Waals surface area contributed by atoms with Crippen molar-refractivity contribution in [1.82, 2.24) is 10.2 Å². The molecule has 1 fully saturated rings. The molecule has 1 aliphatic rings. The lowest BCUT2D eigenvalue weighted by Crippen LogP contribution is -2.44. The average Bonchev–Trinajstić information content (AvgIpc) is 2.41. The van der Waals surface area contributed by atoms with Crippen LogP contribution < -0.4 is 10.1 Å². The summed E-state index contributed by atoms with van der Waals surface area (Å²) in [6, 6.07) is 5.88. The van der Waals surface area contributed by atoms with E-state index in [0.29, 0.717) is 0 Å². The Labute approximate surface area is 113 Å². The summed E-state index contributed by atoms with van der Waals surface area (Å²) in [5.74, 6) is 0.864. The van der Waals surface area contributed by atoms with E-state index in [-0.39, 0.29) is 6.04 Å². The summed E-state index contributed by atoms with van der Waals surface area (Å²) in [6.07, 6.45) is 1.96. The molecule has 1 atom stereocenters. The highest BCUT2D eigenvalue weighted by Crippen LogP contribution is 2.32. The molecule has 2 rings (SSSR count). The fourth-order valence-corrected chi connectivity index (χ4v) is 2.55. The van der Waals surface area contributed by atoms with E-state index in [1.165, 1.54) is 0 Å². The SMILES string of the molecule is C=C[C@@H](c1cc(Cl)ccc1OC)N1CCNCC1. The van der Waals surface area contributed by atoms with Crippen molar-refractivity contribution >= 4 is 11.6 Å². The van der Waals surface area contributed by atoms with Crippen molar-refractivity contribution in [2.24, 2.45) is 0 Å². The molecular weight excluding hydrogens is 248 g/mol. The second-order valence-corrected chi connectivity index (χ2v) is 4.79. The Morgan fingerprint density at radius 2 is 2.17 bits per heavy atom. The van der Waals surface area contributed by atoms with Crippen molar-refractivity contribution in [3.63, 3.8) is 0 Å². The van der Waals surface area contributed by atoms with Gasteiger partial charge in [0.1, 0.15) is 5.75 Å². The lowest BCUT2D eigenvalue weighted by atomic mass is 10.0. The molecule has 3 nitrogen and oxygen atoms in total. The maximum atomic E-state index is 6.09. The van der Waals surface area contributed by atoms with Gasteiger partial charge >= 0.3 is 0 Å². The zero-order chi connectivity index (χ0) is 13.0. The minimum atomic E-state index is 0.153. The maximum absolute atomic E-state index is 6.09. The van der Waals surface area contributed by atoms with Crippen LogP contribution in [0.4, 0.5) is 0 Å². The minimum Gasteiger partial charge on any atom is -0.496 e. The Morgan fingerprint density at radius 3 is 2.78 bits per heavy atom. The number of nitrogens with zero attached hydrogens (tertiary/aromatic N) is 1. The maximum Gasteiger partial charge on any atom is 0.124 e. The molecule has 0 saturated carbocycles. The summed E-state index contributed by atoms with van der Waals surface area (Å²) in [5, 5.41) is 4.08. The highest BCUT2D eigenvalue weighted by molar-refractivity contribution is 6.30. The van der Waals surface area contributed by atoms with E-state index in [0.717, 1.165) is 42.5 Å². The molecule has 0 radical (unpaired) electrons. The number of nitrogens with one attached hydrogen (secondary N) is 1. The third kappa shape index (κ3) is 2.86. The molecule has 1 saturated heterocycles. The number of methoxy groups -OCH3 is 1. The van der Waals surface area contributed by atoms with Gasteiger partial charge in [-0.2, -0.15) is 0 Å². The summed E-state index contributed by atoms with van der Waals surface area (Å²) in [7, 11) is 1.69. The summed E-state index contributed by atoms with van der Waals surface area (Å²) >= 11 is 6.09. The minimum absolute atomic E-state index is 0.153. The fraction of sp³-hybridized carbons (Fsp3) is 0.429. The first-order chi connectivity index (χ1) is 8.76. The van der Waals surface area contributed by atoms with Crippen molar-refractivity contribution in [2.45, 2.75) is 6.04 Å². The van der Waals surface area contributed by atoms with Gasteiger partial charge in [-0.3, -0.25) is 4.90 Å². The lowest BCUT2D eigenvalue weighted by molar-refractivity contribution is 0.200. The predicted octanol–water partition coefficient (Wildman–Crippen LogP) is 2.48. The Bertz CT molecular complexity index is 416. The number of piperazine rings is 1. The first-order valence-corrected chi connectivity index (χ1v) is 6.55. The van der Waals surface area contributed by atoms with Crippen LogP contribution in [0.25, 0.3) is 0 Å². The molecule has 0 amide bonds. The molecule has 1 N–H and O–H groups in total. The predicted molar refractivity (Wildman–Crippen MR) is 75.4 cm³/mol. The molecule has 0 unspecified atom stereocenters. The van der Waals surface area contributed by atoms with Crippen molar-refractivity contribution in [1.29, 1.82) is 0 Å². The highest BCUT2D eigenvalue weighted by atomic mass is 35.5. The monoisotopic (exact) mass is 266 g/mol. The number of rotatable bonds is 4. The average molecular weight is 267 g/mol. The first kappa shape index (κ1) is 13.4. The molecule has 4 heteroatoms. The van der Waals surface area contributed by atoms with Crippen LogP contribution in [0.1, 0.15) is 11.6 Å². The summed E-state index contributed by atoms with van der Waals surface area (Å²) < 4.78 is 5.43. The van der Waals surface area contributed by atoms with Gasteiger partial charge in [-0.15, -0.1) is 6.58 Å². The van der Waals surface area contributed by atoms with Crippen LogP contribution in [0.5, 0.6) is 5.75 Å². The second-order valence-electron chi connectivity index (χ2n) is 4.35. The van der Waals surface area contributed by atoms with Crippen LogP contribution in [0.15, 0.2) is 30.9 Å². The summed E-state index contributed by atoms with van der Waals surface area (Å²) in [5.41, 5.74) is 1.09. The molecule has 0 bridgehead atoms. The first-order valence-electron chi connectivity index (χ1n) is 6.17. The number of hydrogen-bond donors (Lipinski definition) is 1. The molecule has 18 heavy (non-hydrogen) atoms. The molecule has 98 valence electrons. The molecule has 1 aromatic carbocycles. The highest BCUT2D eigenvalue weighted by Gasteiger charge is 2.22. The number of ether oxygens (including phenoxy) is 1. The quantitative estimate of drug-likeness (QED) is 0.848. The zero-order valence-corrected chi connectivity index (χ0v) is 11.4. The molecule has 0 aromatic heterocycles. The molecule has 0 spiro atoms. The van der Waals surface area contributed by atoms with Crippen LogP contribution in [-0.2, 0) is 0 Å². The van der Waals surface area contributed by atoms with E-state index in [4.69, 9.17) is 16.3 Å². The largest absolute Gasteiger partial charge is 0.496 e. The van der Waals surface area contributed by atoms with Gasteiger partial charge in [-0.25, -0.2) is 0 Å². The van der Waals surface area contributed by atoms with Gasteiger partial charge in [0.2, 0.25) is 0 Å². The van der Waals surface area contributed by atoms with Crippen LogP contribution in [-0.4, -0.2) is 38.2 Å². The van der Waals surface area contributed by atoms with Gasteiger partial charge in [0.05, 0.1) is 13.2 Å². The van der Waals surface area contributed by atoms with Crippen LogP contribution >= 0.6 is 11.6 Å². The van der Waals surface area contributed by atoms with Crippen LogP contribution in [0.2, 0.25) is 5.02 Å². The van der Waals surface area contributed by atoms with E-state index in [9.17, 15) is 0 Å². The molecule has 1 aromatic rings. The van der Waals surface area contributed by atoms with Gasteiger partial charge in [0.25, 0.3) is 0 Å². The second kappa shape index (κ2) is 6.23. The number of benzene rings is 1. The van der Waals surface area contributed by atoms with E-state index in [2.05, 4.69) is 16.8 Å². The summed E-state index contributed by atoms with van der Waals surface area (Å²) in [4.78, 5) is 2.39. The molecule has 1 heterocycles. The Balaban J connectivity index is 2.30. The van der Waals surface area contributed by atoms with Gasteiger partial charge in [-0.1, -0.05) is 17.7 Å². The van der Waals surface area contributed by atoms with E-state index in [1.54, 1.807) is 7.11 Å². The van der Waals surface area contributed by atoms with Crippen LogP contribution in [0, 0.1) is 0 Å². The Kier molecular flexibility index (Phi) is 4.64.